The maximum atomic E-state index is 14.1. The van der Waals surface area contributed by atoms with Crippen molar-refractivity contribution in [2.45, 2.75) is 68.3 Å². The van der Waals surface area contributed by atoms with Crippen molar-refractivity contribution >= 4 is 44.6 Å². The minimum Gasteiger partial charge on any atom is -0.462 e. The number of ether oxygens (including phenoxy) is 1. The number of benzene rings is 1. The third-order valence-electron chi connectivity index (χ3n) is 9.65. The van der Waals surface area contributed by atoms with E-state index < -0.39 is 50.6 Å². The maximum Gasteiger partial charge on any atom is 0.456 e. The number of sulfonamides is 1. The molecular formula is C32H38N7O6S+. The highest BCUT2D eigenvalue weighted by molar-refractivity contribution is 7.91. The number of aromatic nitrogens is 2. The Morgan fingerprint density at radius 1 is 1.11 bits per heavy atom. The van der Waals surface area contributed by atoms with Gasteiger partial charge in [-0.05, 0) is 74.6 Å². The van der Waals surface area contributed by atoms with E-state index in [0.29, 0.717) is 55.1 Å². The number of para-hydroxylation sites is 1. The van der Waals surface area contributed by atoms with Crippen LogP contribution in [0.2, 0.25) is 0 Å². The number of azo groups is 2. The first-order valence-corrected chi connectivity index (χ1v) is 17.6. The van der Waals surface area contributed by atoms with Gasteiger partial charge in [0.2, 0.25) is 21.8 Å². The van der Waals surface area contributed by atoms with Crippen molar-refractivity contribution in [3.05, 3.63) is 48.7 Å². The van der Waals surface area contributed by atoms with Gasteiger partial charge in [0, 0.05) is 19.5 Å². The monoisotopic (exact) mass is 648 g/mol. The Morgan fingerprint density at radius 3 is 2.70 bits per heavy atom. The van der Waals surface area contributed by atoms with Crippen molar-refractivity contribution in [1.29, 1.82) is 0 Å². The summed E-state index contributed by atoms with van der Waals surface area (Å²) in [4.78, 5) is 52.4. The van der Waals surface area contributed by atoms with Gasteiger partial charge in [0.05, 0.1) is 28.7 Å². The molecule has 46 heavy (non-hydrogen) atoms. The molecule has 2 aliphatic heterocycles. The smallest absolute Gasteiger partial charge is 0.456 e. The maximum absolute atomic E-state index is 14.1. The molecule has 14 heteroatoms. The van der Waals surface area contributed by atoms with Crippen molar-refractivity contribution in [3.63, 3.8) is 0 Å². The number of hydrogen-bond donors (Lipinski definition) is 2. The Morgan fingerprint density at radius 2 is 1.91 bits per heavy atom. The zero-order valence-corrected chi connectivity index (χ0v) is 26.5. The van der Waals surface area contributed by atoms with Crippen molar-refractivity contribution in [2.24, 2.45) is 22.9 Å². The molecule has 3 heterocycles. The summed E-state index contributed by atoms with van der Waals surface area (Å²) in [5.41, 5.74) is -0.708. The molecule has 242 valence electrons. The zero-order chi connectivity index (χ0) is 32.1. The van der Waals surface area contributed by atoms with E-state index in [2.05, 4.69) is 25.1 Å². The average Bonchev–Trinajstić information content (AvgIpc) is 3.90. The average molecular weight is 649 g/mol. The van der Waals surface area contributed by atoms with E-state index in [9.17, 15) is 22.8 Å². The minimum atomic E-state index is -3.81. The van der Waals surface area contributed by atoms with Crippen LogP contribution in [0.4, 0.5) is 5.95 Å². The lowest BCUT2D eigenvalue weighted by Crippen LogP contribution is -2.54. The van der Waals surface area contributed by atoms with E-state index >= 15 is 0 Å². The van der Waals surface area contributed by atoms with Crippen LogP contribution >= 0.6 is 0 Å². The minimum absolute atomic E-state index is 0.156. The number of carbonyl (C=O) groups is 3. The van der Waals surface area contributed by atoms with E-state index in [1.54, 1.807) is 22.8 Å². The standard InChI is InChI=1S/C32H37N7O6S/c1-38-15-7-3-2-4-9-20-19-32(20,30(42)37-46(43,44)22-12-13-22)36-27(40)24-17-21(18-25(24)29(38)41)45-28-23-10-5-6-11-26(23)34-31(35-28)39-16-8-14-33-39/h4-6,8-11,14,20-22,24-25H,2-3,7,12-13,15-19H2,1H3,(H-,36,37,40,42)/p+1/t20-,21-,24-,25-,32-/m1/s1. The van der Waals surface area contributed by atoms with Gasteiger partial charge in [-0.3, -0.25) is 19.1 Å². The second-order valence-corrected chi connectivity index (χ2v) is 14.9. The number of nitrogens with zero attached hydrogens (tertiary/aromatic N) is 5. The summed E-state index contributed by atoms with van der Waals surface area (Å²) in [5, 5.41) is 7.35. The van der Waals surface area contributed by atoms with Crippen LogP contribution in [0.5, 0.6) is 5.88 Å². The van der Waals surface area contributed by atoms with Crippen molar-refractivity contribution < 1.29 is 32.2 Å². The molecule has 13 nitrogen and oxygen atoms in total. The van der Waals surface area contributed by atoms with Crippen molar-refractivity contribution in [3.8, 4) is 5.88 Å². The van der Waals surface area contributed by atoms with Gasteiger partial charge in [0.25, 0.3) is 5.91 Å². The molecule has 1 aromatic carbocycles. The third-order valence-corrected chi connectivity index (χ3v) is 11.5. The van der Waals surface area contributed by atoms with E-state index in [1.165, 1.54) is 0 Å². The Bertz CT molecular complexity index is 1790. The number of amides is 3. The van der Waals surface area contributed by atoms with Gasteiger partial charge in [-0.1, -0.05) is 29.3 Å². The fraction of sp³-hybridized carbons (Fsp3) is 0.531. The molecule has 0 radical (unpaired) electrons. The Balaban J connectivity index is 1.17. The molecule has 3 aliphatic carbocycles. The van der Waals surface area contributed by atoms with Crippen LogP contribution in [-0.4, -0.2) is 82.7 Å². The molecular weight excluding hydrogens is 610 g/mol. The highest BCUT2D eigenvalue weighted by Gasteiger charge is 2.62. The summed E-state index contributed by atoms with van der Waals surface area (Å²) in [5.74, 6) is -2.43. The lowest BCUT2D eigenvalue weighted by Gasteiger charge is -2.26. The number of fused-ring (bicyclic) bond motifs is 3. The summed E-state index contributed by atoms with van der Waals surface area (Å²) >= 11 is 0. The number of hydrogen-bond acceptors (Lipinski definition) is 9. The van der Waals surface area contributed by atoms with Crippen molar-refractivity contribution in [2.75, 3.05) is 20.1 Å². The summed E-state index contributed by atoms with van der Waals surface area (Å²) in [7, 11) is -2.06. The first kappa shape index (κ1) is 30.5. The van der Waals surface area contributed by atoms with Crippen LogP contribution in [0, 0.1) is 17.8 Å². The highest BCUT2D eigenvalue weighted by Crippen LogP contribution is 2.47. The fourth-order valence-electron chi connectivity index (χ4n) is 6.75. The molecule has 0 bridgehead atoms. The molecule has 2 N–H and O–H groups in total. The largest absolute Gasteiger partial charge is 0.462 e. The summed E-state index contributed by atoms with van der Waals surface area (Å²) in [6, 6.07) is 7.48. The quantitative estimate of drug-likeness (QED) is 0.357. The van der Waals surface area contributed by atoms with Crippen LogP contribution in [0.1, 0.15) is 51.4 Å². The Kier molecular flexibility index (Phi) is 7.86. The molecule has 1 aromatic heterocycles. The summed E-state index contributed by atoms with van der Waals surface area (Å²) < 4.78 is 35.7. The number of carbonyl (C=O) groups excluding carboxylic acids is 3. The zero-order valence-electron chi connectivity index (χ0n) is 25.7. The number of nitrogens with one attached hydrogen (secondary N) is 2. The highest BCUT2D eigenvalue weighted by atomic mass is 32.2. The van der Waals surface area contributed by atoms with Crippen LogP contribution in [0.15, 0.2) is 53.8 Å². The van der Waals surface area contributed by atoms with Gasteiger partial charge in [-0.2, -0.15) is 0 Å². The van der Waals surface area contributed by atoms with Gasteiger partial charge < -0.3 is 15.0 Å². The molecule has 3 amide bonds. The summed E-state index contributed by atoms with van der Waals surface area (Å²) in [6.45, 7) is 1.09. The van der Waals surface area contributed by atoms with Gasteiger partial charge in [0.1, 0.15) is 18.2 Å². The summed E-state index contributed by atoms with van der Waals surface area (Å²) in [6.07, 6.45) is 11.1. The van der Waals surface area contributed by atoms with E-state index in [4.69, 9.17) is 4.74 Å². The molecule has 0 spiro atoms. The Hall–Kier alpha value is -4.20. The molecule has 0 saturated heterocycles. The van der Waals surface area contributed by atoms with Gasteiger partial charge >= 0.3 is 11.8 Å². The number of allylic oxidation sites excluding steroid dienone is 1. The van der Waals surface area contributed by atoms with Gasteiger partial charge in [0.15, 0.2) is 5.52 Å². The first-order chi connectivity index (χ1) is 22.1. The molecule has 2 aromatic rings. The van der Waals surface area contributed by atoms with Gasteiger partial charge in [-0.15, -0.1) is 9.81 Å². The van der Waals surface area contributed by atoms with E-state index in [1.807, 2.05) is 42.5 Å². The molecule has 5 atom stereocenters. The molecule has 7 rings (SSSR count). The first-order valence-electron chi connectivity index (χ1n) is 16.0. The SMILES string of the molecule is CN1CCCCC=C[C@@H]2C[C@@]2(C(=O)NS(=O)(=O)C2CC2)NC(=O)[C@@H]2C[C@@H](Oc3nc([N+]4=NC=CC4)nc4ccccc34)C[C@H]2C1=O. The predicted molar refractivity (Wildman–Crippen MR) is 166 cm³/mol. The Labute approximate surface area is 267 Å². The van der Waals surface area contributed by atoms with E-state index in [-0.39, 0.29) is 24.7 Å². The number of rotatable bonds is 6. The lowest BCUT2D eigenvalue weighted by atomic mass is 9.93. The second-order valence-electron chi connectivity index (χ2n) is 13.0. The van der Waals surface area contributed by atoms with Gasteiger partial charge in [-0.25, -0.2) is 8.42 Å². The lowest BCUT2D eigenvalue weighted by molar-refractivity contribution is -0.500. The van der Waals surface area contributed by atoms with Crippen LogP contribution < -0.4 is 14.8 Å². The molecule has 3 fully saturated rings. The van der Waals surface area contributed by atoms with E-state index in [0.717, 1.165) is 19.3 Å². The fourth-order valence-corrected chi connectivity index (χ4v) is 8.11. The van der Waals surface area contributed by atoms with Crippen LogP contribution in [0.3, 0.4) is 0 Å². The topological polar surface area (TPSA) is 163 Å². The second kappa shape index (κ2) is 11.9. The third kappa shape index (κ3) is 5.90. The molecule has 5 aliphatic rings. The predicted octanol–water partition coefficient (Wildman–Crippen LogP) is 2.71. The van der Waals surface area contributed by atoms with Crippen LogP contribution in [0.25, 0.3) is 10.9 Å². The van der Waals surface area contributed by atoms with Crippen molar-refractivity contribution in [1.82, 2.24) is 24.9 Å². The molecule has 0 unspecified atom stereocenters. The normalized spacial score (nSPS) is 29.8. The van der Waals surface area contributed by atoms with Crippen LogP contribution in [-0.2, 0) is 24.4 Å². The molecule has 3 saturated carbocycles.